The van der Waals surface area contributed by atoms with E-state index in [-0.39, 0.29) is 5.56 Å². The van der Waals surface area contributed by atoms with Crippen LogP contribution in [0, 0.1) is 5.92 Å². The molecule has 2 aromatic rings. The standard InChI is InChI=1S/C23H32N4O2/c1-16(2)9-10-25-22-20(23(28)29)7-8-21(26-22)19-6-4-5-18(13-19)15-27-12-11-24-17(3)14-27/h4-8,13,16-17,24H,9-12,14-15H2,1-3H3,(H,25,26)(H,28,29)/t17-/m1/s1. The third kappa shape index (κ3) is 6.02. The van der Waals surface area contributed by atoms with Crippen LogP contribution in [0.25, 0.3) is 11.3 Å². The van der Waals surface area contributed by atoms with Gasteiger partial charge in [0, 0.05) is 44.3 Å². The Morgan fingerprint density at radius 1 is 1.34 bits per heavy atom. The molecule has 0 bridgehead atoms. The lowest BCUT2D eigenvalue weighted by atomic mass is 10.1. The summed E-state index contributed by atoms with van der Waals surface area (Å²) in [5, 5.41) is 16.2. The summed E-state index contributed by atoms with van der Waals surface area (Å²) < 4.78 is 0. The first kappa shape index (κ1) is 21.3. The van der Waals surface area contributed by atoms with Crippen molar-refractivity contribution in [2.75, 3.05) is 31.5 Å². The molecule has 3 N–H and O–H groups in total. The zero-order chi connectivity index (χ0) is 20.8. The lowest BCUT2D eigenvalue weighted by Gasteiger charge is -2.31. The van der Waals surface area contributed by atoms with Gasteiger partial charge in [-0.05, 0) is 43.0 Å². The Morgan fingerprint density at radius 3 is 2.90 bits per heavy atom. The third-order valence-corrected chi connectivity index (χ3v) is 5.22. The highest BCUT2D eigenvalue weighted by Crippen LogP contribution is 2.24. The van der Waals surface area contributed by atoms with Crippen LogP contribution < -0.4 is 10.6 Å². The zero-order valence-electron chi connectivity index (χ0n) is 17.6. The van der Waals surface area contributed by atoms with E-state index in [1.807, 2.05) is 6.07 Å². The average molecular weight is 397 g/mol. The van der Waals surface area contributed by atoms with Gasteiger partial charge in [0.25, 0.3) is 0 Å². The summed E-state index contributed by atoms with van der Waals surface area (Å²) in [5.41, 5.74) is 3.26. The number of carbonyl (C=O) groups is 1. The van der Waals surface area contributed by atoms with Gasteiger partial charge < -0.3 is 15.7 Å². The summed E-state index contributed by atoms with van der Waals surface area (Å²) in [6.07, 6.45) is 0.962. The van der Waals surface area contributed by atoms with Crippen LogP contribution in [0.15, 0.2) is 36.4 Å². The van der Waals surface area contributed by atoms with Crippen molar-refractivity contribution in [1.82, 2.24) is 15.2 Å². The second-order valence-electron chi connectivity index (χ2n) is 8.30. The number of carboxylic acid groups (broad SMARTS) is 1. The number of anilines is 1. The van der Waals surface area contributed by atoms with Gasteiger partial charge in [0.1, 0.15) is 11.4 Å². The van der Waals surface area contributed by atoms with Crippen LogP contribution in [0.5, 0.6) is 0 Å². The van der Waals surface area contributed by atoms with E-state index < -0.39 is 5.97 Å². The molecule has 1 fully saturated rings. The predicted octanol–water partition coefficient (Wildman–Crippen LogP) is 3.70. The van der Waals surface area contributed by atoms with E-state index in [0.29, 0.717) is 24.3 Å². The van der Waals surface area contributed by atoms with Crippen LogP contribution in [0.4, 0.5) is 5.82 Å². The molecule has 0 unspecified atom stereocenters. The summed E-state index contributed by atoms with van der Waals surface area (Å²) in [6.45, 7) is 11.2. The maximum Gasteiger partial charge on any atom is 0.339 e. The molecular weight excluding hydrogens is 364 g/mol. The Bertz CT molecular complexity index is 837. The first-order valence-electron chi connectivity index (χ1n) is 10.5. The molecule has 1 saturated heterocycles. The van der Waals surface area contributed by atoms with Gasteiger partial charge in [-0.15, -0.1) is 0 Å². The molecule has 1 aromatic heterocycles. The van der Waals surface area contributed by atoms with Crippen molar-refractivity contribution < 1.29 is 9.90 Å². The number of pyridine rings is 1. The first-order chi connectivity index (χ1) is 13.9. The van der Waals surface area contributed by atoms with Crippen molar-refractivity contribution in [3.8, 4) is 11.3 Å². The summed E-state index contributed by atoms with van der Waals surface area (Å²) in [6, 6.07) is 12.3. The Labute approximate surface area is 173 Å². The predicted molar refractivity (Wildman–Crippen MR) is 117 cm³/mol. The topological polar surface area (TPSA) is 77.5 Å². The summed E-state index contributed by atoms with van der Waals surface area (Å²) in [4.78, 5) is 18.7. The number of benzene rings is 1. The Hall–Kier alpha value is -2.44. The van der Waals surface area contributed by atoms with Crippen molar-refractivity contribution in [2.45, 2.75) is 39.8 Å². The number of hydrogen-bond acceptors (Lipinski definition) is 5. The highest BCUT2D eigenvalue weighted by atomic mass is 16.4. The molecule has 0 aliphatic carbocycles. The van der Waals surface area contributed by atoms with Gasteiger partial charge in [-0.2, -0.15) is 0 Å². The maximum atomic E-state index is 11.6. The van der Waals surface area contributed by atoms with Crippen LogP contribution in [-0.4, -0.2) is 53.2 Å². The Morgan fingerprint density at radius 2 is 2.17 bits per heavy atom. The number of aromatic carboxylic acids is 1. The number of piperazine rings is 1. The van der Waals surface area contributed by atoms with Gasteiger partial charge in [-0.1, -0.05) is 32.0 Å². The third-order valence-electron chi connectivity index (χ3n) is 5.22. The molecule has 1 atom stereocenters. The van der Waals surface area contributed by atoms with Crippen LogP contribution in [0.3, 0.4) is 0 Å². The monoisotopic (exact) mass is 396 g/mol. The highest BCUT2D eigenvalue weighted by Gasteiger charge is 2.16. The Balaban J connectivity index is 1.79. The maximum absolute atomic E-state index is 11.6. The van der Waals surface area contributed by atoms with E-state index >= 15 is 0 Å². The smallest absolute Gasteiger partial charge is 0.339 e. The van der Waals surface area contributed by atoms with Gasteiger partial charge in [-0.3, -0.25) is 4.90 Å². The van der Waals surface area contributed by atoms with Crippen molar-refractivity contribution in [3.63, 3.8) is 0 Å². The number of carboxylic acids is 1. The van der Waals surface area contributed by atoms with Gasteiger partial charge >= 0.3 is 5.97 Å². The molecule has 0 spiro atoms. The molecular formula is C23H32N4O2. The van der Waals surface area contributed by atoms with Gasteiger partial charge in [0.05, 0.1) is 5.69 Å². The molecule has 0 saturated carbocycles. The molecule has 1 aromatic carbocycles. The molecule has 0 radical (unpaired) electrons. The number of nitrogens with one attached hydrogen (secondary N) is 2. The second-order valence-corrected chi connectivity index (χ2v) is 8.30. The minimum atomic E-state index is -0.960. The highest BCUT2D eigenvalue weighted by molar-refractivity contribution is 5.93. The normalized spacial score (nSPS) is 17.4. The van der Waals surface area contributed by atoms with Crippen molar-refractivity contribution >= 4 is 11.8 Å². The fourth-order valence-electron chi connectivity index (χ4n) is 3.65. The molecule has 2 heterocycles. The van der Waals surface area contributed by atoms with Crippen molar-refractivity contribution in [1.29, 1.82) is 0 Å². The van der Waals surface area contributed by atoms with E-state index in [4.69, 9.17) is 0 Å². The molecule has 1 aliphatic heterocycles. The lowest BCUT2D eigenvalue weighted by Crippen LogP contribution is -2.48. The van der Waals surface area contributed by atoms with Crippen LogP contribution in [0.2, 0.25) is 0 Å². The van der Waals surface area contributed by atoms with E-state index in [1.165, 1.54) is 5.56 Å². The summed E-state index contributed by atoms with van der Waals surface area (Å²) in [5.74, 6) is 0.0259. The molecule has 156 valence electrons. The summed E-state index contributed by atoms with van der Waals surface area (Å²) in [7, 11) is 0. The number of rotatable bonds is 8. The fourth-order valence-corrected chi connectivity index (χ4v) is 3.65. The van der Waals surface area contributed by atoms with Gasteiger partial charge in [0.15, 0.2) is 0 Å². The molecule has 0 amide bonds. The van der Waals surface area contributed by atoms with Crippen molar-refractivity contribution in [2.24, 2.45) is 5.92 Å². The minimum Gasteiger partial charge on any atom is -0.478 e. The zero-order valence-corrected chi connectivity index (χ0v) is 17.6. The lowest BCUT2D eigenvalue weighted by molar-refractivity contribution is 0.0697. The van der Waals surface area contributed by atoms with Crippen LogP contribution in [0.1, 0.15) is 43.1 Å². The van der Waals surface area contributed by atoms with Crippen molar-refractivity contribution in [3.05, 3.63) is 47.5 Å². The molecule has 6 nitrogen and oxygen atoms in total. The number of aromatic nitrogens is 1. The Kier molecular flexibility index (Phi) is 7.23. The van der Waals surface area contributed by atoms with Gasteiger partial charge in [0.2, 0.25) is 0 Å². The van der Waals surface area contributed by atoms with E-state index in [2.05, 4.69) is 59.5 Å². The second kappa shape index (κ2) is 9.85. The fraction of sp³-hybridized carbons (Fsp3) is 0.478. The quantitative estimate of drug-likeness (QED) is 0.632. The van der Waals surface area contributed by atoms with Crippen LogP contribution in [-0.2, 0) is 6.54 Å². The van der Waals surface area contributed by atoms with Gasteiger partial charge in [-0.25, -0.2) is 9.78 Å². The van der Waals surface area contributed by atoms with E-state index in [0.717, 1.165) is 43.9 Å². The summed E-state index contributed by atoms with van der Waals surface area (Å²) >= 11 is 0. The van der Waals surface area contributed by atoms with E-state index in [1.54, 1.807) is 12.1 Å². The SMILES string of the molecule is CC(C)CCNc1nc(-c2cccc(CN3CCN[C@H](C)C3)c2)ccc1C(=O)O. The largest absolute Gasteiger partial charge is 0.478 e. The molecule has 29 heavy (non-hydrogen) atoms. The first-order valence-corrected chi connectivity index (χ1v) is 10.5. The van der Waals surface area contributed by atoms with Crippen LogP contribution >= 0.6 is 0 Å². The number of hydrogen-bond donors (Lipinski definition) is 3. The molecule has 6 heteroatoms. The molecule has 3 rings (SSSR count). The molecule has 1 aliphatic rings. The average Bonchev–Trinajstić information content (AvgIpc) is 2.68. The minimum absolute atomic E-state index is 0.212. The van der Waals surface area contributed by atoms with E-state index in [9.17, 15) is 9.90 Å². The number of nitrogens with zero attached hydrogens (tertiary/aromatic N) is 2.